The van der Waals surface area contributed by atoms with E-state index in [1.54, 1.807) is 32.2 Å². The Morgan fingerprint density at radius 1 is 1.27 bits per heavy atom. The van der Waals surface area contributed by atoms with Gasteiger partial charge in [0.1, 0.15) is 18.4 Å². The molecule has 2 amide bonds. The number of carbonyl (C=O) groups is 2. The number of aryl methyl sites for hydroxylation is 1. The summed E-state index contributed by atoms with van der Waals surface area (Å²) >= 11 is 0. The van der Waals surface area contributed by atoms with Crippen LogP contribution >= 0.6 is 0 Å². The fourth-order valence-electron chi connectivity index (χ4n) is 4.14. The lowest BCUT2D eigenvalue weighted by atomic mass is 10.0. The highest BCUT2D eigenvalue weighted by atomic mass is 16.5. The van der Waals surface area contributed by atoms with Crippen LogP contribution in [0.1, 0.15) is 37.9 Å². The highest BCUT2D eigenvalue weighted by Crippen LogP contribution is 2.34. The van der Waals surface area contributed by atoms with Crippen LogP contribution < -0.4 is 20.3 Å². The third-order valence-corrected chi connectivity index (χ3v) is 5.90. The molecule has 1 aromatic carbocycles. The zero-order valence-electron chi connectivity index (χ0n) is 18.6. The number of aromatic nitrogens is 2. The smallest absolute Gasteiger partial charge is 0.287 e. The van der Waals surface area contributed by atoms with Crippen molar-refractivity contribution in [3.8, 4) is 17.2 Å². The first-order valence-corrected chi connectivity index (χ1v) is 10.9. The summed E-state index contributed by atoms with van der Waals surface area (Å²) in [5.74, 6) is 0.216. The Kier molecular flexibility index (Phi) is 6.38. The molecule has 2 aromatic rings. The van der Waals surface area contributed by atoms with Gasteiger partial charge in [0.05, 0.1) is 11.5 Å². The molecule has 11 heteroatoms. The van der Waals surface area contributed by atoms with Gasteiger partial charge in [-0.3, -0.25) is 20.4 Å². The second kappa shape index (κ2) is 9.39. The molecule has 1 aliphatic carbocycles. The van der Waals surface area contributed by atoms with Crippen molar-refractivity contribution in [1.82, 2.24) is 20.8 Å². The summed E-state index contributed by atoms with van der Waals surface area (Å²) in [6.45, 7) is 1.62. The van der Waals surface area contributed by atoms with Crippen molar-refractivity contribution >= 4 is 29.2 Å². The Bertz CT molecular complexity index is 1090. The summed E-state index contributed by atoms with van der Waals surface area (Å²) in [6.07, 6.45) is 4.97. The quantitative estimate of drug-likeness (QED) is 0.407. The molecule has 1 unspecified atom stereocenters. The molecule has 11 nitrogen and oxygen atoms in total. The number of amidine groups is 2. The van der Waals surface area contributed by atoms with E-state index in [0.717, 1.165) is 25.7 Å². The number of carbonyl (C=O) groups excluding carboxylic acids is 2. The number of amides is 2. The molecule has 0 spiro atoms. The molecule has 0 saturated heterocycles. The lowest BCUT2D eigenvalue weighted by Crippen LogP contribution is -2.53. The van der Waals surface area contributed by atoms with Crippen LogP contribution in [0.15, 0.2) is 22.7 Å². The van der Waals surface area contributed by atoms with Crippen molar-refractivity contribution in [3.05, 3.63) is 24.0 Å². The van der Waals surface area contributed by atoms with Gasteiger partial charge in [0.15, 0.2) is 11.7 Å². The van der Waals surface area contributed by atoms with Crippen LogP contribution in [-0.2, 0) is 9.59 Å². The lowest BCUT2D eigenvalue weighted by molar-refractivity contribution is -0.125. The minimum absolute atomic E-state index is 0.0896. The molecule has 4 rings (SSSR count). The van der Waals surface area contributed by atoms with Crippen molar-refractivity contribution in [3.63, 3.8) is 0 Å². The zero-order chi connectivity index (χ0) is 23.5. The van der Waals surface area contributed by atoms with E-state index < -0.39 is 23.7 Å². The number of nitrogens with one attached hydrogen (secondary N) is 4. The van der Waals surface area contributed by atoms with Crippen LogP contribution in [0.4, 0.5) is 5.69 Å². The molecule has 1 aromatic heterocycles. The summed E-state index contributed by atoms with van der Waals surface area (Å²) in [4.78, 5) is 31.1. The second-order valence-corrected chi connectivity index (χ2v) is 8.40. The van der Waals surface area contributed by atoms with Crippen LogP contribution in [0.3, 0.4) is 0 Å². The van der Waals surface area contributed by atoms with Crippen molar-refractivity contribution in [2.75, 3.05) is 18.6 Å². The van der Waals surface area contributed by atoms with Crippen LogP contribution in [0, 0.1) is 23.7 Å². The predicted octanol–water partition coefficient (Wildman–Crippen LogP) is 2.01. The van der Waals surface area contributed by atoms with E-state index in [9.17, 15) is 9.59 Å². The summed E-state index contributed by atoms with van der Waals surface area (Å²) in [6, 6.07) is 4.17. The fraction of sp³-hybridized carbons (Fsp3) is 0.455. The molecule has 1 fully saturated rings. The number of benzene rings is 1. The van der Waals surface area contributed by atoms with E-state index in [1.807, 2.05) is 0 Å². The lowest BCUT2D eigenvalue weighted by Gasteiger charge is -2.21. The largest absolute Gasteiger partial charge is 0.489 e. The van der Waals surface area contributed by atoms with Crippen molar-refractivity contribution < 1.29 is 18.8 Å². The van der Waals surface area contributed by atoms with Gasteiger partial charge in [-0.2, -0.15) is 4.98 Å². The molecule has 2 aliphatic rings. The van der Waals surface area contributed by atoms with Crippen LogP contribution in [-0.4, -0.2) is 53.3 Å². The van der Waals surface area contributed by atoms with Crippen molar-refractivity contribution in [2.24, 2.45) is 5.92 Å². The molecule has 0 radical (unpaired) electrons. The molecule has 33 heavy (non-hydrogen) atoms. The average molecular weight is 454 g/mol. The van der Waals surface area contributed by atoms with Gasteiger partial charge in [0, 0.05) is 19.0 Å². The van der Waals surface area contributed by atoms with Crippen molar-refractivity contribution in [1.29, 1.82) is 10.8 Å². The summed E-state index contributed by atoms with van der Waals surface area (Å²) in [5, 5.41) is 24.9. The Labute approximate surface area is 190 Å². The van der Waals surface area contributed by atoms with Gasteiger partial charge in [-0.25, -0.2) is 0 Å². The molecular formula is C22H27N7O4. The van der Waals surface area contributed by atoms with E-state index in [4.69, 9.17) is 20.1 Å². The van der Waals surface area contributed by atoms with Gasteiger partial charge in [0.25, 0.3) is 17.7 Å². The Hall–Kier alpha value is -3.76. The van der Waals surface area contributed by atoms with Gasteiger partial charge in [-0.1, -0.05) is 30.8 Å². The molecule has 1 aliphatic heterocycles. The third kappa shape index (κ3) is 5.02. The number of ether oxygens (including phenoxy) is 1. The third-order valence-electron chi connectivity index (χ3n) is 5.90. The highest BCUT2D eigenvalue weighted by Gasteiger charge is 2.32. The number of likely N-dealkylation sites (N-methyl/N-ethyl adjacent to an activating group) is 1. The molecule has 1 atom stereocenters. The van der Waals surface area contributed by atoms with E-state index >= 15 is 0 Å². The predicted molar refractivity (Wildman–Crippen MR) is 120 cm³/mol. The van der Waals surface area contributed by atoms with Gasteiger partial charge in [0.2, 0.25) is 0 Å². The molecule has 2 heterocycles. The summed E-state index contributed by atoms with van der Waals surface area (Å²) in [7, 11) is 1.58. The summed E-state index contributed by atoms with van der Waals surface area (Å²) in [5.41, 5.74) is 1.13. The topological polar surface area (TPSA) is 157 Å². The monoisotopic (exact) mass is 453 g/mol. The van der Waals surface area contributed by atoms with E-state index in [2.05, 4.69) is 20.8 Å². The molecule has 1 saturated carbocycles. The SMILES string of the molecule is Cc1noc(-c2ccc3c(c2)N(C)C(=O)C(NC(=O)C(=N)NC(=N)CC2CCCC2)CO3)n1. The van der Waals surface area contributed by atoms with Crippen LogP contribution in [0.2, 0.25) is 0 Å². The Balaban J connectivity index is 1.40. The van der Waals surface area contributed by atoms with E-state index in [-0.39, 0.29) is 12.4 Å². The number of fused-ring (bicyclic) bond motifs is 1. The maximum atomic E-state index is 13.0. The van der Waals surface area contributed by atoms with Crippen molar-refractivity contribution in [2.45, 2.75) is 45.1 Å². The van der Waals surface area contributed by atoms with Gasteiger partial charge < -0.3 is 24.8 Å². The Morgan fingerprint density at radius 2 is 2.03 bits per heavy atom. The number of rotatable bonds is 4. The maximum absolute atomic E-state index is 13.0. The minimum Gasteiger partial charge on any atom is -0.489 e. The number of anilines is 1. The maximum Gasteiger partial charge on any atom is 0.287 e. The normalized spacial score (nSPS) is 18.3. The van der Waals surface area contributed by atoms with Crippen LogP contribution in [0.5, 0.6) is 5.75 Å². The first kappa shape index (κ1) is 22.4. The molecule has 0 bridgehead atoms. The minimum atomic E-state index is -0.991. The number of hydrogen-bond acceptors (Lipinski definition) is 8. The van der Waals surface area contributed by atoms with Crippen LogP contribution in [0.25, 0.3) is 11.5 Å². The van der Waals surface area contributed by atoms with E-state index in [1.165, 1.54) is 4.90 Å². The number of hydrogen-bond donors (Lipinski definition) is 4. The zero-order valence-corrected chi connectivity index (χ0v) is 18.6. The average Bonchev–Trinajstić information content (AvgIpc) is 3.44. The fourth-order valence-corrected chi connectivity index (χ4v) is 4.14. The number of nitrogens with zero attached hydrogens (tertiary/aromatic N) is 3. The Morgan fingerprint density at radius 3 is 2.73 bits per heavy atom. The van der Waals surface area contributed by atoms with Gasteiger partial charge in [-0.05, 0) is 31.0 Å². The summed E-state index contributed by atoms with van der Waals surface area (Å²) < 4.78 is 11.0. The molecule has 174 valence electrons. The molecule has 4 N–H and O–H groups in total. The first-order valence-electron chi connectivity index (χ1n) is 10.9. The van der Waals surface area contributed by atoms with Gasteiger partial charge >= 0.3 is 0 Å². The second-order valence-electron chi connectivity index (χ2n) is 8.40. The first-order chi connectivity index (χ1) is 15.8. The molecular weight excluding hydrogens is 426 g/mol. The standard InChI is InChI=1S/C22H27N7O4/c1-12-25-21(33-28-12)14-7-8-17-16(10-14)29(2)22(31)15(11-32-17)26-20(30)19(24)27-18(23)9-13-5-3-4-6-13/h7-8,10,13,15H,3-6,9,11H2,1-2H3,(H,26,30)(H3,23,24,27). The van der Waals surface area contributed by atoms with E-state index in [0.29, 0.717) is 41.1 Å². The highest BCUT2D eigenvalue weighted by molar-refractivity contribution is 6.39. The van der Waals surface area contributed by atoms with Gasteiger partial charge in [-0.15, -0.1) is 0 Å².